The van der Waals surface area contributed by atoms with Gasteiger partial charge < -0.3 is 14.6 Å². The lowest BCUT2D eigenvalue weighted by molar-refractivity contribution is -0.186. The van der Waals surface area contributed by atoms with Crippen LogP contribution in [0.3, 0.4) is 0 Å². The van der Waals surface area contributed by atoms with Crippen molar-refractivity contribution in [2.24, 2.45) is 34.0 Å². The predicted molar refractivity (Wildman–Crippen MR) is 149 cm³/mol. The van der Waals surface area contributed by atoms with E-state index in [4.69, 9.17) is 9.47 Å². The highest BCUT2D eigenvalue weighted by molar-refractivity contribution is 8.00. The molecule has 2 aliphatic rings. The van der Waals surface area contributed by atoms with E-state index in [0.717, 1.165) is 24.2 Å². The number of Topliss-reactive ketones (excluding diaryl/α,β-unsaturated/α-hetero) is 1. The molecule has 38 heavy (non-hydrogen) atoms. The van der Waals surface area contributed by atoms with Crippen LogP contribution in [-0.4, -0.2) is 47.4 Å². The van der Waals surface area contributed by atoms with Gasteiger partial charge in [0.1, 0.15) is 11.9 Å². The number of carbonyl (C=O) groups is 3. The van der Waals surface area contributed by atoms with Crippen LogP contribution in [0.15, 0.2) is 47.9 Å². The summed E-state index contributed by atoms with van der Waals surface area (Å²) in [4.78, 5) is 39.4. The minimum Gasteiger partial charge on any atom is -0.460 e. The highest BCUT2D eigenvalue weighted by Crippen LogP contribution is 2.65. The molecule has 6 nitrogen and oxygen atoms in total. The number of benzene rings is 1. The molecule has 0 aliphatic heterocycles. The Morgan fingerprint density at radius 1 is 1.21 bits per heavy atom. The summed E-state index contributed by atoms with van der Waals surface area (Å²) in [5.41, 5.74) is -1.48. The highest BCUT2D eigenvalue weighted by atomic mass is 32.2. The van der Waals surface area contributed by atoms with Gasteiger partial charge in [0, 0.05) is 28.1 Å². The molecule has 7 heteroatoms. The Balaban J connectivity index is 1.70. The summed E-state index contributed by atoms with van der Waals surface area (Å²) >= 11 is 1.34. The molecule has 2 aliphatic carbocycles. The first kappa shape index (κ1) is 30.4. The molecule has 0 radical (unpaired) electrons. The first-order chi connectivity index (χ1) is 17.8. The average molecular weight is 545 g/mol. The maximum absolute atomic E-state index is 13.5. The Kier molecular flexibility index (Phi) is 9.57. The third kappa shape index (κ3) is 5.89. The number of carbonyl (C=O) groups excluding carboxylic acids is 3. The van der Waals surface area contributed by atoms with Gasteiger partial charge in [-0.1, -0.05) is 58.9 Å². The van der Waals surface area contributed by atoms with E-state index in [0.29, 0.717) is 6.42 Å². The second-order valence-corrected chi connectivity index (χ2v) is 13.1. The van der Waals surface area contributed by atoms with Gasteiger partial charge in [-0.15, -0.1) is 18.3 Å². The molecule has 2 fully saturated rings. The van der Waals surface area contributed by atoms with E-state index >= 15 is 0 Å². The van der Waals surface area contributed by atoms with Gasteiger partial charge in [-0.25, -0.2) is 4.79 Å². The molecular weight excluding hydrogens is 500 g/mol. The monoisotopic (exact) mass is 544 g/mol. The Hall–Kier alpha value is -2.12. The van der Waals surface area contributed by atoms with Gasteiger partial charge in [0.25, 0.3) is 0 Å². The van der Waals surface area contributed by atoms with Gasteiger partial charge in [0.15, 0.2) is 6.61 Å². The molecule has 1 aromatic carbocycles. The van der Waals surface area contributed by atoms with Crippen LogP contribution in [0.1, 0.15) is 67.2 Å². The number of esters is 2. The minimum absolute atomic E-state index is 0.0992. The first-order valence-corrected chi connectivity index (χ1v) is 14.7. The van der Waals surface area contributed by atoms with Gasteiger partial charge in [0.05, 0.1) is 11.9 Å². The van der Waals surface area contributed by atoms with Crippen molar-refractivity contribution in [1.82, 2.24) is 0 Å². The van der Waals surface area contributed by atoms with Crippen LogP contribution < -0.4 is 0 Å². The van der Waals surface area contributed by atoms with Crippen LogP contribution in [0.4, 0.5) is 0 Å². The number of aliphatic hydroxyl groups is 1. The summed E-state index contributed by atoms with van der Waals surface area (Å²) in [7, 11) is 0. The van der Waals surface area contributed by atoms with Crippen molar-refractivity contribution < 1.29 is 29.0 Å². The van der Waals surface area contributed by atoms with Gasteiger partial charge >= 0.3 is 11.9 Å². The van der Waals surface area contributed by atoms with Gasteiger partial charge in [-0.3, -0.25) is 9.59 Å². The van der Waals surface area contributed by atoms with Crippen LogP contribution in [0.25, 0.3) is 0 Å². The van der Waals surface area contributed by atoms with E-state index in [9.17, 15) is 19.5 Å². The first-order valence-electron chi connectivity index (χ1n) is 13.7. The van der Waals surface area contributed by atoms with E-state index < -0.39 is 41.6 Å². The number of ketones is 1. The average Bonchev–Trinajstić information content (AvgIpc) is 3.26. The van der Waals surface area contributed by atoms with Crippen molar-refractivity contribution >= 4 is 29.5 Å². The Morgan fingerprint density at radius 3 is 2.50 bits per heavy atom. The predicted octanol–water partition coefficient (Wildman–Crippen LogP) is 5.86. The fourth-order valence-electron chi connectivity index (χ4n) is 6.91. The lowest BCUT2D eigenvalue weighted by atomic mass is 9.47. The third-order valence-electron chi connectivity index (χ3n) is 9.76. The molecule has 0 aromatic heterocycles. The van der Waals surface area contributed by atoms with Crippen molar-refractivity contribution in [3.05, 3.63) is 43.0 Å². The zero-order chi connectivity index (χ0) is 28.3. The lowest BCUT2D eigenvalue weighted by Crippen LogP contribution is -2.59. The number of rotatable bonds is 11. The van der Waals surface area contributed by atoms with Gasteiger partial charge in [-0.05, 0) is 55.6 Å². The van der Waals surface area contributed by atoms with Crippen molar-refractivity contribution in [3.8, 4) is 0 Å². The number of ether oxygens (including phenoxy) is 2. The van der Waals surface area contributed by atoms with Crippen LogP contribution in [0, 0.1) is 34.0 Å². The molecule has 1 aromatic rings. The van der Waals surface area contributed by atoms with Crippen LogP contribution in [0.2, 0.25) is 0 Å². The van der Waals surface area contributed by atoms with E-state index in [-0.39, 0.29) is 34.7 Å². The zero-order valence-electron chi connectivity index (χ0n) is 23.7. The fraction of sp³-hybridized carbons (Fsp3) is 0.645. The van der Waals surface area contributed by atoms with Crippen LogP contribution >= 0.6 is 11.8 Å². The van der Waals surface area contributed by atoms with E-state index in [1.54, 1.807) is 6.08 Å². The molecule has 0 saturated heterocycles. The standard InChI is InChI=1S/C31H44O6S/c1-8-29(5,6)28(35)21(3)31-16-14-20(2)30(7,27(31)24(32)15-17-31)22(4)37-25(33)18-36-26(34)19-38-23-12-10-9-11-13-23/h8-13,20-22,27-28,35H,1,14-19H2,2-7H3/t20-,21+,22-,27+,28+,30+,31+/m1/s1. The fourth-order valence-corrected chi connectivity index (χ4v) is 7.63. The van der Waals surface area contributed by atoms with Crippen molar-refractivity contribution in [2.75, 3.05) is 12.4 Å². The maximum Gasteiger partial charge on any atom is 0.344 e. The number of aliphatic hydroxyl groups excluding tert-OH is 1. The normalized spacial score (nSPS) is 29.6. The summed E-state index contributed by atoms with van der Waals surface area (Å²) in [6.45, 7) is 15.5. The van der Waals surface area contributed by atoms with Gasteiger partial charge in [0.2, 0.25) is 0 Å². The molecule has 0 heterocycles. The number of hydrogen-bond acceptors (Lipinski definition) is 7. The lowest BCUT2D eigenvalue weighted by Gasteiger charge is -2.58. The number of thioether (sulfide) groups is 1. The zero-order valence-corrected chi connectivity index (χ0v) is 24.5. The second kappa shape index (κ2) is 12.0. The van der Waals surface area contributed by atoms with Crippen molar-refractivity contribution in [3.63, 3.8) is 0 Å². The second-order valence-electron chi connectivity index (χ2n) is 12.1. The van der Waals surface area contributed by atoms with Gasteiger partial charge in [-0.2, -0.15) is 0 Å². The number of hydrogen-bond donors (Lipinski definition) is 1. The van der Waals surface area contributed by atoms with Crippen molar-refractivity contribution in [2.45, 2.75) is 84.3 Å². The SMILES string of the molecule is C=CC(C)(C)[C@@H](O)[C@H](C)[C@]12CCC(=O)[C@H]1[C@](C)([C@@H](C)OC(=O)COC(=O)CSc1ccccc1)[C@H](C)CC2. The molecule has 3 rings (SSSR count). The highest BCUT2D eigenvalue weighted by Gasteiger charge is 2.65. The molecule has 0 spiro atoms. The summed E-state index contributed by atoms with van der Waals surface area (Å²) in [6, 6.07) is 9.50. The molecule has 210 valence electrons. The summed E-state index contributed by atoms with van der Waals surface area (Å²) in [5, 5.41) is 11.4. The molecule has 0 unspecified atom stereocenters. The molecule has 0 bridgehead atoms. The van der Waals surface area contributed by atoms with E-state index in [2.05, 4.69) is 27.4 Å². The van der Waals surface area contributed by atoms with Crippen LogP contribution in [0.5, 0.6) is 0 Å². The molecule has 0 amide bonds. The quantitative estimate of drug-likeness (QED) is 0.212. The Bertz CT molecular complexity index is 1020. The Labute approximate surface area is 231 Å². The Morgan fingerprint density at radius 2 is 1.87 bits per heavy atom. The van der Waals surface area contributed by atoms with E-state index in [1.165, 1.54) is 11.8 Å². The van der Waals surface area contributed by atoms with Crippen LogP contribution in [-0.2, 0) is 23.9 Å². The summed E-state index contributed by atoms with van der Waals surface area (Å²) in [6.07, 6.45) is 3.48. The van der Waals surface area contributed by atoms with Crippen molar-refractivity contribution in [1.29, 1.82) is 0 Å². The summed E-state index contributed by atoms with van der Waals surface area (Å²) < 4.78 is 11.0. The van der Waals surface area contributed by atoms with E-state index in [1.807, 2.05) is 51.1 Å². The third-order valence-corrected chi connectivity index (χ3v) is 10.7. The molecular formula is C31H44O6S. The molecule has 2 saturated carbocycles. The topological polar surface area (TPSA) is 89.9 Å². The molecule has 7 atom stereocenters. The maximum atomic E-state index is 13.5. The minimum atomic E-state index is -0.655. The molecule has 1 N–H and O–H groups in total. The smallest absolute Gasteiger partial charge is 0.344 e. The number of fused-ring (bicyclic) bond motifs is 1. The largest absolute Gasteiger partial charge is 0.460 e. The summed E-state index contributed by atoms with van der Waals surface area (Å²) in [5.74, 6) is -1.16.